The molecule has 0 aliphatic carbocycles. The van der Waals surface area contributed by atoms with Crippen molar-refractivity contribution in [3.63, 3.8) is 0 Å². The summed E-state index contributed by atoms with van der Waals surface area (Å²) in [4.78, 5) is 19.2. The maximum absolute atomic E-state index is 13.7. The number of amides is 1. The van der Waals surface area contributed by atoms with E-state index in [1.54, 1.807) is 42.6 Å². The summed E-state index contributed by atoms with van der Waals surface area (Å²) in [7, 11) is 0. The third-order valence-corrected chi connectivity index (χ3v) is 6.50. The van der Waals surface area contributed by atoms with E-state index in [2.05, 4.69) is 15.2 Å². The number of carbonyl (C=O) groups is 1. The standard InChI is InChI=1S/C24H23ClFN3O2/c25-15-1-4-17(5-2-15)28-24(30)14-29-18-6-7-19(29)13-20(12-18)31-23-9-10-27-22-8-3-16(26)11-21(22)23/h1-5,8-11,18-20H,6-7,12-14H2,(H,28,30). The van der Waals surface area contributed by atoms with Crippen LogP contribution in [0.3, 0.4) is 0 Å². The predicted molar refractivity (Wildman–Crippen MR) is 119 cm³/mol. The number of fused-ring (bicyclic) bond motifs is 3. The van der Waals surface area contributed by atoms with Gasteiger partial charge >= 0.3 is 0 Å². The van der Waals surface area contributed by atoms with Crippen LogP contribution in [0.15, 0.2) is 54.7 Å². The van der Waals surface area contributed by atoms with E-state index >= 15 is 0 Å². The van der Waals surface area contributed by atoms with E-state index in [0.29, 0.717) is 34.8 Å². The number of benzene rings is 2. The Kier molecular flexibility index (Phi) is 5.50. The lowest BCUT2D eigenvalue weighted by Crippen LogP contribution is -2.49. The zero-order valence-electron chi connectivity index (χ0n) is 16.9. The average molecular weight is 440 g/mol. The summed E-state index contributed by atoms with van der Waals surface area (Å²) in [6.07, 6.45) is 5.56. The van der Waals surface area contributed by atoms with Gasteiger partial charge in [-0.25, -0.2) is 4.39 Å². The number of hydrogen-bond donors (Lipinski definition) is 1. The van der Waals surface area contributed by atoms with Crippen LogP contribution in [0, 0.1) is 5.82 Å². The van der Waals surface area contributed by atoms with Gasteiger partial charge in [-0.3, -0.25) is 14.7 Å². The van der Waals surface area contributed by atoms with Gasteiger partial charge in [-0.2, -0.15) is 0 Å². The van der Waals surface area contributed by atoms with Gasteiger partial charge in [0.1, 0.15) is 17.7 Å². The third-order valence-electron chi connectivity index (χ3n) is 6.25. The molecule has 7 heteroatoms. The Balaban J connectivity index is 1.23. The Morgan fingerprint density at radius 3 is 2.61 bits per heavy atom. The van der Waals surface area contributed by atoms with Gasteiger partial charge in [0.25, 0.3) is 0 Å². The smallest absolute Gasteiger partial charge is 0.238 e. The van der Waals surface area contributed by atoms with Gasteiger partial charge < -0.3 is 10.1 Å². The molecule has 2 fully saturated rings. The van der Waals surface area contributed by atoms with Crippen LogP contribution in [0.2, 0.25) is 5.02 Å². The van der Waals surface area contributed by atoms with E-state index in [1.165, 1.54) is 12.1 Å². The second kappa shape index (κ2) is 8.44. The molecular formula is C24H23ClFN3O2. The van der Waals surface area contributed by atoms with Gasteiger partial charge in [0.2, 0.25) is 5.91 Å². The van der Waals surface area contributed by atoms with Crippen molar-refractivity contribution in [2.24, 2.45) is 0 Å². The summed E-state index contributed by atoms with van der Waals surface area (Å²) >= 11 is 5.91. The minimum Gasteiger partial charge on any atom is -0.490 e. The molecule has 2 aromatic carbocycles. The van der Waals surface area contributed by atoms with Crippen LogP contribution in [0.4, 0.5) is 10.1 Å². The second-order valence-electron chi connectivity index (χ2n) is 8.29. The van der Waals surface area contributed by atoms with E-state index < -0.39 is 0 Å². The Morgan fingerprint density at radius 1 is 1.13 bits per heavy atom. The molecule has 2 unspecified atom stereocenters. The summed E-state index contributed by atoms with van der Waals surface area (Å²) in [5.74, 6) is 0.351. The van der Waals surface area contributed by atoms with Crippen molar-refractivity contribution >= 4 is 34.1 Å². The van der Waals surface area contributed by atoms with Crippen LogP contribution in [0.1, 0.15) is 25.7 Å². The monoisotopic (exact) mass is 439 g/mol. The molecule has 160 valence electrons. The molecule has 2 aliphatic heterocycles. The fraction of sp³-hybridized carbons (Fsp3) is 0.333. The molecular weight excluding hydrogens is 417 g/mol. The number of anilines is 1. The van der Waals surface area contributed by atoms with Crippen molar-refractivity contribution < 1.29 is 13.9 Å². The number of carbonyl (C=O) groups excluding carboxylic acids is 1. The summed E-state index contributed by atoms with van der Waals surface area (Å²) in [5, 5.41) is 4.28. The molecule has 0 spiro atoms. The first-order valence-electron chi connectivity index (χ1n) is 10.6. The zero-order valence-corrected chi connectivity index (χ0v) is 17.7. The van der Waals surface area contributed by atoms with Crippen LogP contribution >= 0.6 is 11.6 Å². The lowest BCUT2D eigenvalue weighted by atomic mass is 9.99. The van der Waals surface area contributed by atoms with Gasteiger partial charge in [0.15, 0.2) is 0 Å². The molecule has 5 rings (SSSR count). The molecule has 3 heterocycles. The van der Waals surface area contributed by atoms with Crippen molar-refractivity contribution in [1.82, 2.24) is 9.88 Å². The minimum atomic E-state index is -0.299. The molecule has 2 saturated heterocycles. The Bertz CT molecular complexity index is 1090. The summed E-state index contributed by atoms with van der Waals surface area (Å²) in [6, 6.07) is 14.1. The van der Waals surface area contributed by atoms with E-state index in [4.69, 9.17) is 16.3 Å². The topological polar surface area (TPSA) is 54.5 Å². The molecule has 0 saturated carbocycles. The number of piperidine rings is 1. The van der Waals surface area contributed by atoms with E-state index in [-0.39, 0.29) is 17.8 Å². The summed E-state index contributed by atoms with van der Waals surface area (Å²) in [6.45, 7) is 0.369. The highest BCUT2D eigenvalue weighted by molar-refractivity contribution is 6.30. The highest BCUT2D eigenvalue weighted by Gasteiger charge is 2.42. The Hall–Kier alpha value is -2.70. The van der Waals surface area contributed by atoms with Crippen molar-refractivity contribution in [3.05, 3.63) is 65.6 Å². The highest BCUT2D eigenvalue weighted by atomic mass is 35.5. The van der Waals surface area contributed by atoms with Crippen LogP contribution in [-0.4, -0.2) is 40.5 Å². The SMILES string of the molecule is O=C(CN1C2CCC1CC(Oc1ccnc3ccc(F)cc13)C2)Nc1ccc(Cl)cc1. The van der Waals surface area contributed by atoms with Crippen molar-refractivity contribution in [3.8, 4) is 5.75 Å². The molecule has 2 atom stereocenters. The number of pyridine rings is 1. The fourth-order valence-corrected chi connectivity index (χ4v) is 4.98. The quantitative estimate of drug-likeness (QED) is 0.605. The number of rotatable bonds is 5. The highest BCUT2D eigenvalue weighted by Crippen LogP contribution is 2.38. The Labute approximate surface area is 185 Å². The molecule has 3 aromatic rings. The summed E-state index contributed by atoms with van der Waals surface area (Å²) < 4.78 is 20.1. The van der Waals surface area contributed by atoms with Crippen LogP contribution < -0.4 is 10.1 Å². The van der Waals surface area contributed by atoms with Crippen molar-refractivity contribution in [1.29, 1.82) is 0 Å². The Morgan fingerprint density at radius 2 is 1.87 bits per heavy atom. The molecule has 1 amide bonds. The third kappa shape index (κ3) is 4.36. The number of nitrogens with zero attached hydrogens (tertiary/aromatic N) is 2. The lowest BCUT2D eigenvalue weighted by molar-refractivity contribution is -0.118. The molecule has 0 radical (unpaired) electrons. The first-order chi connectivity index (χ1) is 15.0. The van der Waals surface area contributed by atoms with Gasteiger partial charge in [0.05, 0.1) is 12.1 Å². The maximum Gasteiger partial charge on any atom is 0.238 e. The number of nitrogens with one attached hydrogen (secondary N) is 1. The minimum absolute atomic E-state index is 0.0193. The zero-order chi connectivity index (χ0) is 21.4. The lowest BCUT2D eigenvalue weighted by Gasteiger charge is -2.38. The molecule has 31 heavy (non-hydrogen) atoms. The van der Waals surface area contributed by atoms with Crippen LogP contribution in [0.25, 0.3) is 10.9 Å². The molecule has 2 bridgehead atoms. The molecule has 5 nitrogen and oxygen atoms in total. The number of halogens is 2. The van der Waals surface area contributed by atoms with Crippen LogP contribution in [0.5, 0.6) is 5.75 Å². The number of hydrogen-bond acceptors (Lipinski definition) is 4. The van der Waals surface area contributed by atoms with Gasteiger partial charge in [-0.15, -0.1) is 0 Å². The normalized spacial score (nSPS) is 23.1. The molecule has 1 aromatic heterocycles. The average Bonchev–Trinajstić information content (AvgIpc) is 2.98. The number of ether oxygens (including phenoxy) is 1. The molecule has 1 N–H and O–H groups in total. The van der Waals surface area contributed by atoms with Crippen molar-refractivity contribution in [2.45, 2.75) is 43.9 Å². The van der Waals surface area contributed by atoms with Gasteiger partial charge in [0, 0.05) is 34.4 Å². The van der Waals surface area contributed by atoms with E-state index in [0.717, 1.165) is 36.9 Å². The molecule has 2 aliphatic rings. The second-order valence-corrected chi connectivity index (χ2v) is 8.73. The first-order valence-corrected chi connectivity index (χ1v) is 10.9. The summed E-state index contributed by atoms with van der Waals surface area (Å²) in [5.41, 5.74) is 1.47. The maximum atomic E-state index is 13.7. The largest absolute Gasteiger partial charge is 0.490 e. The predicted octanol–water partition coefficient (Wildman–Crippen LogP) is 5.04. The van der Waals surface area contributed by atoms with Crippen molar-refractivity contribution in [2.75, 3.05) is 11.9 Å². The number of aromatic nitrogens is 1. The fourth-order valence-electron chi connectivity index (χ4n) is 4.85. The van der Waals surface area contributed by atoms with Gasteiger partial charge in [-0.05, 0) is 74.2 Å². The van der Waals surface area contributed by atoms with E-state index in [9.17, 15) is 9.18 Å². The van der Waals surface area contributed by atoms with E-state index in [1.807, 2.05) is 0 Å². The van der Waals surface area contributed by atoms with Gasteiger partial charge in [-0.1, -0.05) is 11.6 Å². The van der Waals surface area contributed by atoms with Crippen LogP contribution in [-0.2, 0) is 4.79 Å². The first kappa shape index (κ1) is 20.2.